The van der Waals surface area contributed by atoms with E-state index in [1.165, 1.54) is 37.9 Å². The molecule has 2 unspecified atom stereocenters. The van der Waals surface area contributed by atoms with Gasteiger partial charge in [-0.25, -0.2) is 9.97 Å². The lowest BCUT2D eigenvalue weighted by Crippen LogP contribution is -2.53. The van der Waals surface area contributed by atoms with Gasteiger partial charge in [-0.1, -0.05) is 13.8 Å². The summed E-state index contributed by atoms with van der Waals surface area (Å²) in [4.78, 5) is 19.5. The van der Waals surface area contributed by atoms with Gasteiger partial charge in [-0.2, -0.15) is 0 Å². The van der Waals surface area contributed by atoms with Crippen molar-refractivity contribution in [3.63, 3.8) is 0 Å². The lowest BCUT2D eigenvalue weighted by Gasteiger charge is -2.39. The van der Waals surface area contributed by atoms with Gasteiger partial charge in [-0.3, -0.25) is 4.90 Å². The Morgan fingerprint density at radius 1 is 1.00 bits per heavy atom. The Hall–Kier alpha value is -1.40. The van der Waals surface area contributed by atoms with E-state index in [-0.39, 0.29) is 0 Å². The van der Waals surface area contributed by atoms with Crippen LogP contribution in [0.5, 0.6) is 0 Å². The molecule has 3 aliphatic heterocycles. The zero-order valence-electron chi connectivity index (χ0n) is 17.3. The van der Waals surface area contributed by atoms with Crippen LogP contribution in [0.1, 0.15) is 39.5 Å². The molecule has 0 aromatic carbocycles. The van der Waals surface area contributed by atoms with Crippen LogP contribution in [-0.2, 0) is 0 Å². The number of rotatable bonds is 6. The van der Waals surface area contributed by atoms with E-state index in [0.717, 1.165) is 51.1 Å². The number of hydrogen-bond acceptors (Lipinski definition) is 6. The van der Waals surface area contributed by atoms with Gasteiger partial charge in [0.25, 0.3) is 0 Å². The maximum Gasteiger partial charge on any atom is 0.225 e. The average molecular weight is 373 g/mol. The zero-order chi connectivity index (χ0) is 18.8. The molecule has 3 fully saturated rings. The molecule has 0 aliphatic carbocycles. The highest BCUT2D eigenvalue weighted by molar-refractivity contribution is 5.47. The first-order valence-electron chi connectivity index (χ1n) is 10.9. The monoisotopic (exact) mass is 372 g/mol. The number of anilines is 2. The third-order valence-corrected chi connectivity index (χ3v) is 6.51. The SMILES string of the molecule is CC(C)CCCN1CCN(c2cnc(N3C4CCC3CN(C)C4)nc2)CC1. The fourth-order valence-electron chi connectivity index (χ4n) is 5.00. The number of likely N-dealkylation sites (tertiary alicyclic amines) is 1. The average Bonchev–Trinajstić information content (AvgIpc) is 2.93. The molecule has 0 saturated carbocycles. The van der Waals surface area contributed by atoms with Crippen LogP contribution in [0, 0.1) is 5.92 Å². The van der Waals surface area contributed by atoms with Gasteiger partial charge >= 0.3 is 0 Å². The van der Waals surface area contributed by atoms with Crippen LogP contribution < -0.4 is 9.80 Å². The van der Waals surface area contributed by atoms with Crippen molar-refractivity contribution in [3.05, 3.63) is 12.4 Å². The Kier molecular flexibility index (Phi) is 5.83. The summed E-state index contributed by atoms with van der Waals surface area (Å²) in [5, 5.41) is 0. The van der Waals surface area contributed by atoms with Crippen LogP contribution in [0.15, 0.2) is 12.4 Å². The third-order valence-electron chi connectivity index (χ3n) is 6.51. The van der Waals surface area contributed by atoms with E-state index >= 15 is 0 Å². The lowest BCUT2D eigenvalue weighted by atomic mass is 10.1. The first-order chi connectivity index (χ1) is 13.1. The van der Waals surface area contributed by atoms with E-state index in [4.69, 9.17) is 9.97 Å². The summed E-state index contributed by atoms with van der Waals surface area (Å²) < 4.78 is 0. The molecule has 2 bridgehead atoms. The van der Waals surface area contributed by atoms with E-state index in [9.17, 15) is 0 Å². The van der Waals surface area contributed by atoms with Crippen molar-refractivity contribution in [1.82, 2.24) is 19.8 Å². The van der Waals surface area contributed by atoms with E-state index < -0.39 is 0 Å². The van der Waals surface area contributed by atoms with Gasteiger partial charge in [0.05, 0.1) is 18.1 Å². The molecule has 0 amide bonds. The van der Waals surface area contributed by atoms with Crippen LogP contribution in [0.3, 0.4) is 0 Å². The highest BCUT2D eigenvalue weighted by atomic mass is 15.4. The van der Waals surface area contributed by atoms with Crippen LogP contribution in [0.25, 0.3) is 0 Å². The molecular weight excluding hydrogens is 336 g/mol. The topological polar surface area (TPSA) is 38.7 Å². The van der Waals surface area contributed by atoms with Crippen molar-refractivity contribution in [2.24, 2.45) is 5.92 Å². The summed E-state index contributed by atoms with van der Waals surface area (Å²) in [5.41, 5.74) is 1.18. The first-order valence-corrected chi connectivity index (χ1v) is 10.9. The molecule has 1 aromatic rings. The smallest absolute Gasteiger partial charge is 0.225 e. The molecule has 4 heterocycles. The highest BCUT2D eigenvalue weighted by Gasteiger charge is 2.40. The third kappa shape index (κ3) is 4.37. The Morgan fingerprint density at radius 3 is 2.22 bits per heavy atom. The van der Waals surface area contributed by atoms with Crippen molar-refractivity contribution < 1.29 is 0 Å². The maximum absolute atomic E-state index is 4.77. The van der Waals surface area contributed by atoms with Crippen molar-refractivity contribution in [2.45, 2.75) is 51.6 Å². The molecule has 1 aromatic heterocycles. The quantitative estimate of drug-likeness (QED) is 0.763. The number of nitrogens with zero attached hydrogens (tertiary/aromatic N) is 6. The van der Waals surface area contributed by atoms with Gasteiger partial charge in [-0.15, -0.1) is 0 Å². The Labute approximate surface area is 164 Å². The summed E-state index contributed by atoms with van der Waals surface area (Å²) in [7, 11) is 2.23. The van der Waals surface area contributed by atoms with Crippen LogP contribution in [0.2, 0.25) is 0 Å². The molecule has 0 radical (unpaired) electrons. The summed E-state index contributed by atoms with van der Waals surface area (Å²) >= 11 is 0. The van der Waals surface area contributed by atoms with Gasteiger partial charge in [0, 0.05) is 51.4 Å². The van der Waals surface area contributed by atoms with Crippen molar-refractivity contribution in [1.29, 1.82) is 0 Å². The number of aromatic nitrogens is 2. The molecule has 0 N–H and O–H groups in total. The highest BCUT2D eigenvalue weighted by Crippen LogP contribution is 2.32. The second-order valence-corrected chi connectivity index (χ2v) is 9.12. The Morgan fingerprint density at radius 2 is 1.63 bits per heavy atom. The minimum Gasteiger partial charge on any atom is -0.366 e. The van der Waals surface area contributed by atoms with Gasteiger partial charge in [0.15, 0.2) is 0 Å². The molecule has 4 rings (SSSR count). The molecule has 27 heavy (non-hydrogen) atoms. The normalized spacial score (nSPS) is 27.0. The summed E-state index contributed by atoms with van der Waals surface area (Å²) in [5.74, 6) is 1.75. The molecule has 3 aliphatic rings. The Balaban J connectivity index is 1.30. The maximum atomic E-state index is 4.77. The summed E-state index contributed by atoms with van der Waals surface area (Å²) in [6.45, 7) is 12.6. The minimum absolute atomic E-state index is 0.592. The molecular formula is C21H36N6. The number of fused-ring (bicyclic) bond motifs is 2. The van der Waals surface area contributed by atoms with E-state index in [2.05, 4.69) is 52.9 Å². The van der Waals surface area contributed by atoms with Gasteiger partial charge in [-0.05, 0) is 45.2 Å². The van der Waals surface area contributed by atoms with E-state index in [0.29, 0.717) is 12.1 Å². The second kappa shape index (κ2) is 8.31. The molecule has 6 nitrogen and oxygen atoms in total. The number of hydrogen-bond donors (Lipinski definition) is 0. The minimum atomic E-state index is 0.592. The fourth-order valence-corrected chi connectivity index (χ4v) is 5.00. The lowest BCUT2D eigenvalue weighted by molar-refractivity contribution is 0.248. The molecule has 0 spiro atoms. The predicted octanol–water partition coefficient (Wildman–Crippen LogP) is 2.32. The van der Waals surface area contributed by atoms with Crippen molar-refractivity contribution >= 4 is 11.6 Å². The van der Waals surface area contributed by atoms with Crippen LogP contribution >= 0.6 is 0 Å². The largest absolute Gasteiger partial charge is 0.366 e. The summed E-state index contributed by atoms with van der Waals surface area (Å²) in [6, 6.07) is 1.18. The first kappa shape index (κ1) is 18.9. The van der Waals surface area contributed by atoms with E-state index in [1.54, 1.807) is 0 Å². The van der Waals surface area contributed by atoms with Gasteiger partial charge in [0.1, 0.15) is 0 Å². The van der Waals surface area contributed by atoms with Crippen LogP contribution in [-0.4, -0.2) is 84.7 Å². The van der Waals surface area contributed by atoms with Crippen molar-refractivity contribution in [2.75, 3.05) is 62.7 Å². The number of likely N-dealkylation sites (N-methyl/N-ethyl adjacent to an activating group) is 1. The van der Waals surface area contributed by atoms with Gasteiger partial charge < -0.3 is 14.7 Å². The standard InChI is InChI=1S/C21H36N6/c1-17(2)5-4-8-25-9-11-26(12-10-25)20-13-22-21(23-14-20)27-18-6-7-19(27)16-24(3)15-18/h13-14,17-19H,4-12,15-16H2,1-3H3. The second-order valence-electron chi connectivity index (χ2n) is 9.12. The zero-order valence-corrected chi connectivity index (χ0v) is 17.3. The van der Waals surface area contributed by atoms with Gasteiger partial charge in [0.2, 0.25) is 5.95 Å². The summed E-state index contributed by atoms with van der Waals surface area (Å²) in [6.07, 6.45) is 9.31. The number of piperazine rings is 2. The predicted molar refractivity (Wildman–Crippen MR) is 112 cm³/mol. The Bertz CT molecular complexity index is 581. The van der Waals surface area contributed by atoms with E-state index in [1.807, 2.05) is 0 Å². The molecule has 3 saturated heterocycles. The van der Waals surface area contributed by atoms with Crippen molar-refractivity contribution in [3.8, 4) is 0 Å². The molecule has 6 heteroatoms. The fraction of sp³-hybridized carbons (Fsp3) is 0.810. The molecule has 150 valence electrons. The molecule has 2 atom stereocenters. The van der Waals surface area contributed by atoms with Crippen LogP contribution in [0.4, 0.5) is 11.6 Å².